The highest BCUT2D eigenvalue weighted by molar-refractivity contribution is 5.79. The highest BCUT2D eigenvalue weighted by Gasteiger charge is 2.39. The molecule has 2 heterocycles. The van der Waals surface area contributed by atoms with E-state index in [9.17, 15) is 9.59 Å². The van der Waals surface area contributed by atoms with E-state index in [1.54, 1.807) is 0 Å². The third kappa shape index (κ3) is 3.07. The summed E-state index contributed by atoms with van der Waals surface area (Å²) in [6.07, 6.45) is 9.21. The second-order valence-corrected chi connectivity index (χ2v) is 8.05. The molecule has 2 aliphatic carbocycles. The van der Waals surface area contributed by atoms with E-state index >= 15 is 0 Å². The molecule has 2 bridgehead atoms. The van der Waals surface area contributed by atoms with Crippen LogP contribution in [-0.4, -0.2) is 54.0 Å². The summed E-state index contributed by atoms with van der Waals surface area (Å²) in [5.41, 5.74) is 0. The fourth-order valence-corrected chi connectivity index (χ4v) is 5.41. The fraction of sp³-hybridized carbons (Fsp3) is 0.889. The number of fused-ring (bicyclic) bond motifs is 2. The predicted octanol–water partition coefficient (Wildman–Crippen LogP) is 2.22. The van der Waals surface area contributed by atoms with Crippen molar-refractivity contribution in [1.82, 2.24) is 15.1 Å². The van der Waals surface area contributed by atoms with E-state index in [0.29, 0.717) is 18.9 Å². The van der Waals surface area contributed by atoms with Crippen LogP contribution in [0.5, 0.6) is 0 Å². The second-order valence-electron chi connectivity index (χ2n) is 8.05. The molecule has 2 saturated heterocycles. The van der Waals surface area contributed by atoms with Crippen molar-refractivity contribution >= 4 is 11.9 Å². The van der Waals surface area contributed by atoms with E-state index < -0.39 is 0 Å². The molecule has 3 amide bonds. The molecule has 128 valence electrons. The van der Waals surface area contributed by atoms with Crippen molar-refractivity contribution in [3.05, 3.63) is 0 Å². The zero-order valence-corrected chi connectivity index (χ0v) is 14.0. The highest BCUT2D eigenvalue weighted by atomic mass is 16.2. The van der Waals surface area contributed by atoms with Crippen LogP contribution >= 0.6 is 0 Å². The molecular formula is C18H29N3O2. The molecule has 2 aliphatic heterocycles. The van der Waals surface area contributed by atoms with Crippen molar-refractivity contribution < 1.29 is 9.59 Å². The lowest BCUT2D eigenvalue weighted by Crippen LogP contribution is -2.53. The largest absolute Gasteiger partial charge is 0.338 e. The molecule has 0 aromatic rings. The molecule has 5 heteroatoms. The molecule has 4 fully saturated rings. The lowest BCUT2D eigenvalue weighted by molar-refractivity contribution is -0.130. The van der Waals surface area contributed by atoms with Crippen LogP contribution in [0, 0.1) is 17.8 Å². The number of nitrogens with zero attached hydrogens (tertiary/aromatic N) is 2. The standard InChI is InChI=1S/C18H29N3O2/c22-17-4-2-8-21(17)16-3-1-7-20(12-16)18(23)19-11-15-10-13-5-6-14(15)9-13/h13-16H,1-12H2,(H,19,23)/t13-,14-,15-,16-/m0/s1. The molecule has 23 heavy (non-hydrogen) atoms. The van der Waals surface area contributed by atoms with Crippen molar-refractivity contribution in [1.29, 1.82) is 0 Å². The van der Waals surface area contributed by atoms with Crippen LogP contribution in [0.2, 0.25) is 0 Å². The number of rotatable bonds is 3. The van der Waals surface area contributed by atoms with Gasteiger partial charge >= 0.3 is 6.03 Å². The number of urea groups is 1. The average Bonchev–Trinajstić information content (AvgIpc) is 3.29. The van der Waals surface area contributed by atoms with E-state index in [4.69, 9.17) is 0 Å². The number of nitrogens with one attached hydrogen (secondary N) is 1. The van der Waals surface area contributed by atoms with Gasteiger partial charge in [0, 0.05) is 38.6 Å². The van der Waals surface area contributed by atoms with Crippen molar-refractivity contribution in [2.45, 2.75) is 57.4 Å². The van der Waals surface area contributed by atoms with Crippen LogP contribution in [0.1, 0.15) is 51.4 Å². The molecule has 1 N–H and O–H groups in total. The highest BCUT2D eigenvalue weighted by Crippen LogP contribution is 2.47. The van der Waals surface area contributed by atoms with Crippen LogP contribution in [0.3, 0.4) is 0 Å². The maximum atomic E-state index is 12.5. The summed E-state index contributed by atoms with van der Waals surface area (Å²) in [4.78, 5) is 28.4. The third-order valence-corrected chi connectivity index (χ3v) is 6.63. The summed E-state index contributed by atoms with van der Waals surface area (Å²) < 4.78 is 0. The van der Waals surface area contributed by atoms with E-state index in [-0.39, 0.29) is 18.0 Å². The molecule has 0 radical (unpaired) electrons. The fourth-order valence-electron chi connectivity index (χ4n) is 5.41. The molecule has 4 rings (SSSR count). The number of likely N-dealkylation sites (tertiary alicyclic amines) is 2. The number of amides is 3. The summed E-state index contributed by atoms with van der Waals surface area (Å²) in [6, 6.07) is 0.330. The minimum atomic E-state index is 0.0871. The molecule has 4 aliphatic rings. The van der Waals surface area contributed by atoms with Crippen molar-refractivity contribution in [3.8, 4) is 0 Å². The van der Waals surface area contributed by atoms with E-state index in [1.165, 1.54) is 25.7 Å². The zero-order valence-electron chi connectivity index (χ0n) is 14.0. The van der Waals surface area contributed by atoms with E-state index in [2.05, 4.69) is 5.32 Å². The minimum Gasteiger partial charge on any atom is -0.338 e. The van der Waals surface area contributed by atoms with Crippen LogP contribution in [-0.2, 0) is 4.79 Å². The van der Waals surface area contributed by atoms with Crippen LogP contribution in [0.15, 0.2) is 0 Å². The first-order valence-corrected chi connectivity index (χ1v) is 9.53. The zero-order chi connectivity index (χ0) is 15.8. The summed E-state index contributed by atoms with van der Waals surface area (Å²) in [7, 11) is 0. The molecular weight excluding hydrogens is 290 g/mol. The maximum Gasteiger partial charge on any atom is 0.317 e. The number of carbonyl (C=O) groups is 2. The maximum absolute atomic E-state index is 12.5. The SMILES string of the molecule is O=C(NC[C@@H]1C[C@H]2CC[C@H]1C2)N1CCC[C@H](N2CCCC2=O)C1. The van der Waals surface area contributed by atoms with Crippen molar-refractivity contribution in [3.63, 3.8) is 0 Å². The van der Waals surface area contributed by atoms with Gasteiger partial charge in [-0.05, 0) is 56.3 Å². The van der Waals surface area contributed by atoms with Crippen LogP contribution < -0.4 is 5.32 Å². The Morgan fingerprint density at radius 2 is 2.04 bits per heavy atom. The first kappa shape index (κ1) is 15.3. The van der Waals surface area contributed by atoms with Gasteiger partial charge in [0.15, 0.2) is 0 Å². The van der Waals surface area contributed by atoms with Crippen molar-refractivity contribution in [2.75, 3.05) is 26.2 Å². The minimum absolute atomic E-state index is 0.0871. The predicted molar refractivity (Wildman–Crippen MR) is 87.9 cm³/mol. The Morgan fingerprint density at radius 3 is 2.74 bits per heavy atom. The Kier molecular flexibility index (Phi) is 4.20. The van der Waals surface area contributed by atoms with Gasteiger partial charge in [-0.2, -0.15) is 0 Å². The summed E-state index contributed by atoms with van der Waals surface area (Å²) >= 11 is 0. The summed E-state index contributed by atoms with van der Waals surface area (Å²) in [5, 5.41) is 3.19. The lowest BCUT2D eigenvalue weighted by atomic mass is 9.89. The van der Waals surface area contributed by atoms with Gasteiger partial charge in [0.1, 0.15) is 0 Å². The monoisotopic (exact) mass is 319 g/mol. The molecule has 2 saturated carbocycles. The molecule has 0 spiro atoms. The van der Waals surface area contributed by atoms with E-state index in [1.807, 2.05) is 9.80 Å². The summed E-state index contributed by atoms with van der Waals surface area (Å²) in [5.74, 6) is 2.77. The van der Waals surface area contributed by atoms with Gasteiger partial charge in [0.05, 0.1) is 0 Å². The first-order chi connectivity index (χ1) is 11.2. The second kappa shape index (κ2) is 6.33. The van der Waals surface area contributed by atoms with Gasteiger partial charge in [-0.1, -0.05) is 6.42 Å². The van der Waals surface area contributed by atoms with Crippen LogP contribution in [0.4, 0.5) is 4.79 Å². The lowest BCUT2D eigenvalue weighted by Gasteiger charge is -2.37. The Labute approximate surface area is 138 Å². The number of carbonyl (C=O) groups excluding carboxylic acids is 2. The molecule has 4 atom stereocenters. The molecule has 0 aromatic heterocycles. The number of piperidine rings is 1. The third-order valence-electron chi connectivity index (χ3n) is 6.63. The Balaban J connectivity index is 1.27. The van der Waals surface area contributed by atoms with E-state index in [0.717, 1.165) is 50.7 Å². The number of hydrogen-bond acceptors (Lipinski definition) is 2. The quantitative estimate of drug-likeness (QED) is 0.867. The summed E-state index contributed by atoms with van der Waals surface area (Å²) in [6.45, 7) is 3.28. The van der Waals surface area contributed by atoms with Gasteiger partial charge in [-0.3, -0.25) is 4.79 Å². The Bertz CT molecular complexity index is 481. The molecule has 5 nitrogen and oxygen atoms in total. The number of hydrogen-bond donors (Lipinski definition) is 1. The van der Waals surface area contributed by atoms with Gasteiger partial charge in [-0.15, -0.1) is 0 Å². The molecule has 0 aromatic carbocycles. The Morgan fingerprint density at radius 1 is 1.13 bits per heavy atom. The average molecular weight is 319 g/mol. The Hall–Kier alpha value is -1.26. The molecule has 0 unspecified atom stereocenters. The topological polar surface area (TPSA) is 52.7 Å². The van der Waals surface area contributed by atoms with Gasteiger partial charge in [0.25, 0.3) is 0 Å². The smallest absolute Gasteiger partial charge is 0.317 e. The first-order valence-electron chi connectivity index (χ1n) is 9.53. The van der Waals surface area contributed by atoms with Gasteiger partial charge in [0.2, 0.25) is 5.91 Å². The van der Waals surface area contributed by atoms with Crippen molar-refractivity contribution in [2.24, 2.45) is 17.8 Å². The normalized spacial score (nSPS) is 36.8. The van der Waals surface area contributed by atoms with Gasteiger partial charge in [-0.25, -0.2) is 4.79 Å². The van der Waals surface area contributed by atoms with Crippen LogP contribution in [0.25, 0.3) is 0 Å². The van der Waals surface area contributed by atoms with Gasteiger partial charge < -0.3 is 15.1 Å².